The molecule has 134 valence electrons. The molecule has 0 N–H and O–H groups in total. The maximum Gasteiger partial charge on any atom is 0.225 e. The number of aromatic nitrogens is 4. The lowest BCUT2D eigenvalue weighted by Gasteiger charge is -2.35. The van der Waals surface area contributed by atoms with Crippen LogP contribution < -0.4 is 0 Å². The molecule has 0 aliphatic carbocycles. The van der Waals surface area contributed by atoms with Gasteiger partial charge in [-0.25, -0.2) is 4.68 Å². The predicted molar refractivity (Wildman–Crippen MR) is 88.2 cm³/mol. The fourth-order valence-corrected chi connectivity index (χ4v) is 3.39. The number of amides is 1. The van der Waals surface area contributed by atoms with Gasteiger partial charge in [0.15, 0.2) is 5.82 Å². The SMILES string of the molecule is CC(C)(C)c1nnnn1CN1CCC(C(=O)N2CCOCC2)CC1. The van der Waals surface area contributed by atoms with Gasteiger partial charge in [-0.15, -0.1) is 5.10 Å². The van der Waals surface area contributed by atoms with E-state index in [1.807, 2.05) is 9.58 Å². The number of carbonyl (C=O) groups is 1. The van der Waals surface area contributed by atoms with E-state index < -0.39 is 0 Å². The number of morpholine rings is 1. The van der Waals surface area contributed by atoms with Gasteiger partial charge in [0.1, 0.15) is 0 Å². The smallest absolute Gasteiger partial charge is 0.225 e. The van der Waals surface area contributed by atoms with E-state index in [0.29, 0.717) is 25.8 Å². The van der Waals surface area contributed by atoms with Gasteiger partial charge in [-0.2, -0.15) is 0 Å². The molecule has 0 radical (unpaired) electrons. The molecule has 3 heterocycles. The monoisotopic (exact) mass is 336 g/mol. The van der Waals surface area contributed by atoms with Gasteiger partial charge in [-0.05, 0) is 23.3 Å². The van der Waals surface area contributed by atoms with Crippen LogP contribution in [0.3, 0.4) is 0 Å². The Morgan fingerprint density at radius 2 is 1.83 bits per heavy atom. The zero-order chi connectivity index (χ0) is 17.2. The fourth-order valence-electron chi connectivity index (χ4n) is 3.39. The number of hydrogen-bond acceptors (Lipinski definition) is 6. The summed E-state index contributed by atoms with van der Waals surface area (Å²) in [6.07, 6.45) is 1.81. The third-order valence-corrected chi connectivity index (χ3v) is 4.80. The maximum atomic E-state index is 12.6. The van der Waals surface area contributed by atoms with Crippen molar-refractivity contribution in [3.05, 3.63) is 5.82 Å². The molecule has 0 aromatic carbocycles. The molecule has 0 atom stereocenters. The summed E-state index contributed by atoms with van der Waals surface area (Å²) >= 11 is 0. The Labute approximate surface area is 143 Å². The molecule has 8 heteroatoms. The molecule has 2 saturated heterocycles. The van der Waals surface area contributed by atoms with Crippen molar-refractivity contribution >= 4 is 5.91 Å². The quantitative estimate of drug-likeness (QED) is 0.800. The lowest BCUT2D eigenvalue weighted by atomic mass is 9.95. The Hall–Kier alpha value is -1.54. The van der Waals surface area contributed by atoms with Crippen molar-refractivity contribution in [1.82, 2.24) is 30.0 Å². The number of tetrazole rings is 1. The highest BCUT2D eigenvalue weighted by molar-refractivity contribution is 5.79. The summed E-state index contributed by atoms with van der Waals surface area (Å²) in [5, 5.41) is 12.1. The van der Waals surface area contributed by atoms with Crippen LogP contribution in [0.4, 0.5) is 0 Å². The molecule has 0 unspecified atom stereocenters. The van der Waals surface area contributed by atoms with Gasteiger partial charge in [-0.1, -0.05) is 20.8 Å². The standard InChI is InChI=1S/C16H28N6O2/c1-16(2,3)15-17-18-19-22(15)12-20-6-4-13(5-7-20)14(23)21-8-10-24-11-9-21/h13H,4-12H2,1-3H3. The molecule has 0 saturated carbocycles. The van der Waals surface area contributed by atoms with Crippen LogP contribution in [0.2, 0.25) is 0 Å². The second-order valence-electron chi connectivity index (χ2n) is 7.72. The maximum absolute atomic E-state index is 12.6. The van der Waals surface area contributed by atoms with Gasteiger partial charge >= 0.3 is 0 Å². The van der Waals surface area contributed by atoms with Crippen LogP contribution in [0.15, 0.2) is 0 Å². The predicted octanol–water partition coefficient (Wildman–Crippen LogP) is 0.499. The molecule has 24 heavy (non-hydrogen) atoms. The van der Waals surface area contributed by atoms with E-state index >= 15 is 0 Å². The highest BCUT2D eigenvalue weighted by Gasteiger charge is 2.30. The van der Waals surface area contributed by atoms with Crippen LogP contribution in [0, 0.1) is 5.92 Å². The van der Waals surface area contributed by atoms with Crippen molar-refractivity contribution in [1.29, 1.82) is 0 Å². The first kappa shape index (κ1) is 17.3. The third-order valence-electron chi connectivity index (χ3n) is 4.80. The Kier molecular flexibility index (Phi) is 5.15. The first-order valence-corrected chi connectivity index (χ1v) is 8.80. The van der Waals surface area contributed by atoms with Crippen LogP contribution >= 0.6 is 0 Å². The molecule has 2 fully saturated rings. The van der Waals surface area contributed by atoms with Crippen molar-refractivity contribution in [2.24, 2.45) is 5.92 Å². The van der Waals surface area contributed by atoms with Gasteiger partial charge in [0.05, 0.1) is 19.9 Å². The van der Waals surface area contributed by atoms with Crippen LogP contribution in [0.5, 0.6) is 0 Å². The summed E-state index contributed by atoms with van der Waals surface area (Å²) < 4.78 is 7.21. The number of rotatable bonds is 3. The van der Waals surface area contributed by atoms with Crippen LogP contribution in [-0.4, -0.2) is 75.3 Å². The summed E-state index contributed by atoms with van der Waals surface area (Å²) in [4.78, 5) is 16.9. The van der Waals surface area contributed by atoms with E-state index in [4.69, 9.17) is 4.74 Å². The first-order valence-electron chi connectivity index (χ1n) is 8.80. The number of nitrogens with zero attached hydrogens (tertiary/aromatic N) is 6. The highest BCUT2D eigenvalue weighted by Crippen LogP contribution is 2.22. The average Bonchev–Trinajstić information content (AvgIpc) is 3.04. The lowest BCUT2D eigenvalue weighted by Crippen LogP contribution is -2.47. The van der Waals surface area contributed by atoms with Crippen molar-refractivity contribution < 1.29 is 9.53 Å². The van der Waals surface area contributed by atoms with E-state index in [1.165, 1.54) is 0 Å². The van der Waals surface area contributed by atoms with Crippen LogP contribution in [-0.2, 0) is 21.6 Å². The van der Waals surface area contributed by atoms with Crippen LogP contribution in [0.1, 0.15) is 39.4 Å². The number of piperidine rings is 1. The average molecular weight is 336 g/mol. The molecular formula is C16H28N6O2. The minimum Gasteiger partial charge on any atom is -0.378 e. The summed E-state index contributed by atoms with van der Waals surface area (Å²) in [6, 6.07) is 0. The molecule has 3 rings (SSSR count). The minimum absolute atomic E-state index is 0.0753. The van der Waals surface area contributed by atoms with E-state index in [-0.39, 0.29) is 11.3 Å². The summed E-state index contributed by atoms with van der Waals surface area (Å²) in [6.45, 7) is 11.6. The third kappa shape index (κ3) is 3.92. The Morgan fingerprint density at radius 3 is 2.46 bits per heavy atom. The van der Waals surface area contributed by atoms with E-state index in [0.717, 1.165) is 44.8 Å². The number of ether oxygens (including phenoxy) is 1. The van der Waals surface area contributed by atoms with Crippen LogP contribution in [0.25, 0.3) is 0 Å². The lowest BCUT2D eigenvalue weighted by molar-refractivity contribution is -0.141. The molecule has 1 aromatic heterocycles. The molecule has 2 aliphatic rings. The fraction of sp³-hybridized carbons (Fsp3) is 0.875. The van der Waals surface area contributed by atoms with Gasteiger partial charge in [0.2, 0.25) is 5.91 Å². The molecule has 1 aromatic rings. The Morgan fingerprint density at radius 1 is 1.17 bits per heavy atom. The molecule has 1 amide bonds. The second kappa shape index (κ2) is 7.14. The summed E-state index contributed by atoms with van der Waals surface area (Å²) in [5.74, 6) is 1.35. The largest absolute Gasteiger partial charge is 0.378 e. The van der Waals surface area contributed by atoms with E-state index in [1.54, 1.807) is 0 Å². The van der Waals surface area contributed by atoms with Gasteiger partial charge in [0.25, 0.3) is 0 Å². The summed E-state index contributed by atoms with van der Waals surface area (Å²) in [7, 11) is 0. The van der Waals surface area contributed by atoms with Crippen molar-refractivity contribution in [3.8, 4) is 0 Å². The minimum atomic E-state index is -0.0753. The zero-order valence-electron chi connectivity index (χ0n) is 14.9. The molecule has 2 aliphatic heterocycles. The summed E-state index contributed by atoms with van der Waals surface area (Å²) in [5.41, 5.74) is -0.0753. The molecule has 0 spiro atoms. The van der Waals surface area contributed by atoms with Gasteiger partial charge in [0, 0.05) is 37.5 Å². The van der Waals surface area contributed by atoms with Crippen molar-refractivity contribution in [2.45, 2.75) is 45.7 Å². The van der Waals surface area contributed by atoms with Crippen molar-refractivity contribution in [3.63, 3.8) is 0 Å². The zero-order valence-corrected chi connectivity index (χ0v) is 14.9. The first-order chi connectivity index (χ1) is 11.4. The highest BCUT2D eigenvalue weighted by atomic mass is 16.5. The Bertz CT molecular complexity index is 553. The molecule has 8 nitrogen and oxygen atoms in total. The molecular weight excluding hydrogens is 308 g/mol. The van der Waals surface area contributed by atoms with Crippen molar-refractivity contribution in [2.75, 3.05) is 39.4 Å². The number of likely N-dealkylation sites (tertiary alicyclic amines) is 1. The topological polar surface area (TPSA) is 76.4 Å². The van der Waals surface area contributed by atoms with E-state index in [9.17, 15) is 4.79 Å². The van der Waals surface area contributed by atoms with E-state index in [2.05, 4.69) is 41.2 Å². The van der Waals surface area contributed by atoms with Gasteiger partial charge < -0.3 is 9.64 Å². The van der Waals surface area contributed by atoms with Gasteiger partial charge in [-0.3, -0.25) is 9.69 Å². The normalized spacial score (nSPS) is 21.2. The molecule has 0 bridgehead atoms. The number of carbonyl (C=O) groups excluding carboxylic acids is 1. The Balaban J connectivity index is 1.52. The number of hydrogen-bond donors (Lipinski definition) is 0. The second-order valence-corrected chi connectivity index (χ2v) is 7.72.